The van der Waals surface area contributed by atoms with Crippen LogP contribution in [0.2, 0.25) is 0 Å². The van der Waals surface area contributed by atoms with Crippen LogP contribution in [0.15, 0.2) is 30.7 Å². The van der Waals surface area contributed by atoms with Crippen molar-refractivity contribution >= 4 is 11.0 Å². The van der Waals surface area contributed by atoms with Crippen LogP contribution in [0.5, 0.6) is 6.01 Å². The second-order valence-corrected chi connectivity index (χ2v) is 6.24. The summed E-state index contributed by atoms with van der Waals surface area (Å²) in [6.45, 7) is 4.99. The molecular formula is C18H22N6O. The van der Waals surface area contributed by atoms with Gasteiger partial charge in [-0.25, -0.2) is 9.97 Å². The molecule has 0 bridgehead atoms. The van der Waals surface area contributed by atoms with E-state index in [1.165, 1.54) is 0 Å². The predicted octanol–water partition coefficient (Wildman–Crippen LogP) is 2.43. The Hall–Kier alpha value is -2.54. The normalized spacial score (nSPS) is 15.6. The lowest BCUT2D eigenvalue weighted by Crippen LogP contribution is -2.34. The highest BCUT2D eigenvalue weighted by Gasteiger charge is 2.20. The van der Waals surface area contributed by atoms with E-state index in [0.29, 0.717) is 11.8 Å². The molecular weight excluding hydrogens is 316 g/mol. The van der Waals surface area contributed by atoms with Crippen molar-refractivity contribution in [2.24, 2.45) is 0 Å². The molecule has 1 aliphatic heterocycles. The van der Waals surface area contributed by atoms with Crippen LogP contribution < -0.4 is 10.1 Å². The van der Waals surface area contributed by atoms with Crippen molar-refractivity contribution in [3.8, 4) is 17.5 Å². The summed E-state index contributed by atoms with van der Waals surface area (Å²) in [6, 6.07) is 4.23. The molecule has 130 valence electrons. The summed E-state index contributed by atoms with van der Waals surface area (Å²) in [4.78, 5) is 18.1. The highest BCUT2D eigenvalue weighted by Crippen LogP contribution is 2.27. The molecule has 7 heteroatoms. The van der Waals surface area contributed by atoms with Crippen LogP contribution in [0.3, 0.4) is 0 Å². The van der Waals surface area contributed by atoms with Crippen LogP contribution in [0, 0.1) is 0 Å². The van der Waals surface area contributed by atoms with E-state index >= 15 is 0 Å². The molecule has 7 nitrogen and oxygen atoms in total. The number of ether oxygens (including phenoxy) is 1. The van der Waals surface area contributed by atoms with Crippen LogP contribution in [0.4, 0.5) is 0 Å². The van der Waals surface area contributed by atoms with Crippen molar-refractivity contribution in [2.75, 3.05) is 13.1 Å². The summed E-state index contributed by atoms with van der Waals surface area (Å²) in [6.07, 6.45) is 8.63. The van der Waals surface area contributed by atoms with E-state index < -0.39 is 0 Å². The van der Waals surface area contributed by atoms with Crippen LogP contribution in [-0.4, -0.2) is 43.7 Å². The van der Waals surface area contributed by atoms with Gasteiger partial charge in [0.15, 0.2) is 5.82 Å². The zero-order valence-electron chi connectivity index (χ0n) is 14.4. The first kappa shape index (κ1) is 16.0. The smallest absolute Gasteiger partial charge is 0.318 e. The van der Waals surface area contributed by atoms with Gasteiger partial charge >= 0.3 is 6.01 Å². The zero-order chi connectivity index (χ0) is 17.1. The Kier molecular flexibility index (Phi) is 4.56. The lowest BCUT2D eigenvalue weighted by atomic mass is 10.1. The van der Waals surface area contributed by atoms with Crippen molar-refractivity contribution in [2.45, 2.75) is 38.8 Å². The number of aromatic nitrogens is 5. The van der Waals surface area contributed by atoms with E-state index in [4.69, 9.17) is 4.74 Å². The maximum Gasteiger partial charge on any atom is 0.318 e. The monoisotopic (exact) mass is 338 g/mol. The minimum atomic E-state index is 0.154. The van der Waals surface area contributed by atoms with E-state index in [-0.39, 0.29) is 6.10 Å². The van der Waals surface area contributed by atoms with Crippen molar-refractivity contribution in [3.63, 3.8) is 0 Å². The van der Waals surface area contributed by atoms with Gasteiger partial charge in [-0.3, -0.25) is 0 Å². The molecule has 1 aliphatic rings. The molecule has 3 aromatic rings. The van der Waals surface area contributed by atoms with Gasteiger partial charge in [-0.2, -0.15) is 9.97 Å². The Morgan fingerprint density at radius 3 is 2.76 bits per heavy atom. The molecule has 0 aromatic carbocycles. The van der Waals surface area contributed by atoms with Gasteiger partial charge in [-0.05, 0) is 44.5 Å². The fraction of sp³-hybridized carbons (Fsp3) is 0.444. The summed E-state index contributed by atoms with van der Waals surface area (Å²) in [5.74, 6) is 0.598. The van der Waals surface area contributed by atoms with Gasteiger partial charge < -0.3 is 14.6 Å². The summed E-state index contributed by atoms with van der Waals surface area (Å²) in [5.41, 5.74) is 2.56. The van der Waals surface area contributed by atoms with Gasteiger partial charge in [0.05, 0.1) is 11.0 Å². The van der Waals surface area contributed by atoms with Crippen LogP contribution in [0.1, 0.15) is 26.2 Å². The number of nitrogens with zero attached hydrogens (tertiary/aromatic N) is 5. The topological polar surface area (TPSA) is 77.8 Å². The number of aryl methyl sites for hydroxylation is 1. The molecule has 0 unspecified atom stereocenters. The zero-order valence-corrected chi connectivity index (χ0v) is 14.4. The summed E-state index contributed by atoms with van der Waals surface area (Å²) in [5, 5.41) is 3.34. The summed E-state index contributed by atoms with van der Waals surface area (Å²) in [7, 11) is 0. The second-order valence-electron chi connectivity index (χ2n) is 6.24. The summed E-state index contributed by atoms with van der Waals surface area (Å²) < 4.78 is 8.23. The summed E-state index contributed by atoms with van der Waals surface area (Å²) >= 11 is 0. The molecule has 0 saturated carbocycles. The first-order valence-electron chi connectivity index (χ1n) is 8.87. The molecule has 4 heterocycles. The van der Waals surface area contributed by atoms with Crippen molar-refractivity contribution in [1.82, 2.24) is 29.8 Å². The Morgan fingerprint density at radius 1 is 1.20 bits per heavy atom. The maximum atomic E-state index is 6.07. The third-order valence-corrected chi connectivity index (χ3v) is 4.39. The van der Waals surface area contributed by atoms with Crippen molar-refractivity contribution < 1.29 is 4.74 Å². The van der Waals surface area contributed by atoms with E-state index in [0.717, 1.165) is 55.6 Å². The fourth-order valence-corrected chi connectivity index (χ4v) is 3.20. The third kappa shape index (κ3) is 3.32. The number of piperidine rings is 1. The average Bonchev–Trinajstić information content (AvgIpc) is 3.06. The molecule has 25 heavy (non-hydrogen) atoms. The predicted molar refractivity (Wildman–Crippen MR) is 95.4 cm³/mol. The molecule has 0 radical (unpaired) electrons. The largest absolute Gasteiger partial charge is 0.460 e. The van der Waals surface area contributed by atoms with E-state index in [1.54, 1.807) is 18.5 Å². The minimum absolute atomic E-state index is 0.154. The molecule has 4 rings (SSSR count). The van der Waals surface area contributed by atoms with E-state index in [9.17, 15) is 0 Å². The van der Waals surface area contributed by atoms with Gasteiger partial charge in [-0.1, -0.05) is 6.92 Å². The number of fused-ring (bicyclic) bond motifs is 1. The Balaban J connectivity index is 1.78. The molecule has 1 fully saturated rings. The van der Waals surface area contributed by atoms with Crippen LogP contribution >= 0.6 is 0 Å². The van der Waals surface area contributed by atoms with E-state index in [1.807, 2.05) is 12.3 Å². The maximum absolute atomic E-state index is 6.07. The molecule has 0 aliphatic carbocycles. The standard InChI is InChI=1S/C18H22N6O/c1-2-11-24-12-6-14-16(24)15(17-20-7-3-8-21-17)23-18(22-14)25-13-4-9-19-10-5-13/h3,6-8,12-13,19H,2,4-5,9-11H2,1H3. The SMILES string of the molecule is CCCn1ccc2nc(OC3CCNCC3)nc(-c3ncccn3)c21. The fourth-order valence-electron chi connectivity index (χ4n) is 3.20. The van der Waals surface area contributed by atoms with Gasteiger partial charge in [-0.15, -0.1) is 0 Å². The Morgan fingerprint density at radius 2 is 2.00 bits per heavy atom. The van der Waals surface area contributed by atoms with Gasteiger partial charge in [0.25, 0.3) is 0 Å². The minimum Gasteiger partial charge on any atom is -0.460 e. The van der Waals surface area contributed by atoms with Crippen LogP contribution in [-0.2, 0) is 6.54 Å². The number of rotatable bonds is 5. The number of hydrogen-bond donors (Lipinski definition) is 1. The number of hydrogen-bond acceptors (Lipinski definition) is 6. The Labute approximate surface area is 146 Å². The molecule has 0 atom stereocenters. The third-order valence-electron chi connectivity index (χ3n) is 4.39. The molecule has 3 aromatic heterocycles. The highest BCUT2D eigenvalue weighted by atomic mass is 16.5. The molecule has 1 saturated heterocycles. The second kappa shape index (κ2) is 7.14. The Bertz CT molecular complexity index is 841. The molecule has 0 amide bonds. The van der Waals surface area contributed by atoms with Gasteiger partial charge in [0, 0.05) is 25.1 Å². The van der Waals surface area contributed by atoms with Crippen molar-refractivity contribution in [3.05, 3.63) is 30.7 Å². The lowest BCUT2D eigenvalue weighted by molar-refractivity contribution is 0.149. The molecule has 0 spiro atoms. The average molecular weight is 338 g/mol. The van der Waals surface area contributed by atoms with Crippen LogP contribution in [0.25, 0.3) is 22.6 Å². The van der Waals surface area contributed by atoms with E-state index in [2.05, 4.69) is 36.7 Å². The highest BCUT2D eigenvalue weighted by molar-refractivity contribution is 5.88. The number of nitrogens with one attached hydrogen (secondary N) is 1. The van der Waals surface area contributed by atoms with Crippen molar-refractivity contribution in [1.29, 1.82) is 0 Å². The molecule has 1 N–H and O–H groups in total. The van der Waals surface area contributed by atoms with Gasteiger partial charge in [0.2, 0.25) is 0 Å². The van der Waals surface area contributed by atoms with Gasteiger partial charge in [0.1, 0.15) is 11.8 Å². The first-order chi connectivity index (χ1) is 12.3. The first-order valence-corrected chi connectivity index (χ1v) is 8.87. The lowest BCUT2D eigenvalue weighted by Gasteiger charge is -2.22. The quantitative estimate of drug-likeness (QED) is 0.770.